The van der Waals surface area contributed by atoms with Crippen LogP contribution in [0.3, 0.4) is 0 Å². The average molecular weight is 288 g/mol. The number of esters is 1. The van der Waals surface area contributed by atoms with Crippen LogP contribution in [-0.2, 0) is 6.61 Å². The van der Waals surface area contributed by atoms with Gasteiger partial charge in [0.05, 0.1) is 22.8 Å². The number of carbonyl (C=O) groups is 1. The number of non-ortho nitro benzene ring substituents is 1. The van der Waals surface area contributed by atoms with Crippen LogP contribution in [0, 0.1) is 17.0 Å². The van der Waals surface area contributed by atoms with Crippen LogP contribution in [0.15, 0.2) is 36.5 Å². The molecule has 0 aliphatic carbocycles. The zero-order valence-corrected chi connectivity index (χ0v) is 11.1. The molecule has 0 aliphatic heterocycles. The lowest BCUT2D eigenvalue weighted by Gasteiger charge is -2.08. The summed E-state index contributed by atoms with van der Waals surface area (Å²) in [6.45, 7) is 1.45. The van der Waals surface area contributed by atoms with E-state index in [9.17, 15) is 14.9 Å². The fourth-order valence-electron chi connectivity index (χ4n) is 1.62. The third kappa shape index (κ3) is 3.40. The Balaban J connectivity index is 2.19. The van der Waals surface area contributed by atoms with E-state index in [4.69, 9.17) is 9.84 Å². The molecular formula is C14H12N2O5. The molecule has 7 nitrogen and oxygen atoms in total. The van der Waals surface area contributed by atoms with Crippen LogP contribution >= 0.6 is 0 Å². The lowest BCUT2D eigenvalue weighted by Crippen LogP contribution is -2.10. The molecule has 0 amide bonds. The number of aliphatic hydroxyl groups excluding tert-OH is 1. The van der Waals surface area contributed by atoms with Crippen molar-refractivity contribution in [1.82, 2.24) is 4.98 Å². The molecule has 2 rings (SSSR count). The minimum absolute atomic E-state index is 0.105. The fourth-order valence-corrected chi connectivity index (χ4v) is 1.62. The summed E-state index contributed by atoms with van der Waals surface area (Å²) in [5.41, 5.74) is 1.11. The summed E-state index contributed by atoms with van der Waals surface area (Å²) in [6.07, 6.45) is 1.48. The highest BCUT2D eigenvalue weighted by molar-refractivity contribution is 5.91. The molecule has 1 heterocycles. The normalized spacial score (nSPS) is 10.2. The van der Waals surface area contributed by atoms with E-state index in [0.717, 1.165) is 0 Å². The molecule has 0 fully saturated rings. The maximum atomic E-state index is 12.0. The molecule has 0 spiro atoms. The molecule has 0 aliphatic rings. The van der Waals surface area contributed by atoms with Gasteiger partial charge >= 0.3 is 5.97 Å². The first kappa shape index (κ1) is 14.6. The summed E-state index contributed by atoms with van der Waals surface area (Å²) in [4.78, 5) is 26.0. The first-order valence-corrected chi connectivity index (χ1v) is 6.04. The molecule has 1 aromatic heterocycles. The number of pyridine rings is 1. The number of benzene rings is 1. The van der Waals surface area contributed by atoms with Gasteiger partial charge in [0, 0.05) is 18.3 Å². The van der Waals surface area contributed by atoms with Crippen molar-refractivity contribution in [3.63, 3.8) is 0 Å². The first-order chi connectivity index (χ1) is 10.0. The summed E-state index contributed by atoms with van der Waals surface area (Å²) < 4.78 is 5.19. The zero-order chi connectivity index (χ0) is 15.4. The number of hydrogen-bond acceptors (Lipinski definition) is 6. The van der Waals surface area contributed by atoms with Crippen molar-refractivity contribution in [3.8, 4) is 5.75 Å². The number of aryl methyl sites for hydroxylation is 1. The van der Waals surface area contributed by atoms with E-state index in [2.05, 4.69) is 4.98 Å². The number of ether oxygens (including phenoxy) is 1. The van der Waals surface area contributed by atoms with Gasteiger partial charge in [-0.15, -0.1) is 0 Å². The van der Waals surface area contributed by atoms with E-state index >= 15 is 0 Å². The molecule has 108 valence electrons. The molecule has 2 aromatic rings. The second kappa shape index (κ2) is 6.10. The van der Waals surface area contributed by atoms with Crippen LogP contribution < -0.4 is 4.74 Å². The van der Waals surface area contributed by atoms with E-state index in [0.29, 0.717) is 11.3 Å². The van der Waals surface area contributed by atoms with Gasteiger partial charge in [-0.1, -0.05) is 0 Å². The summed E-state index contributed by atoms with van der Waals surface area (Å²) in [6, 6.07) is 6.61. The second-order valence-corrected chi connectivity index (χ2v) is 4.28. The highest BCUT2D eigenvalue weighted by Gasteiger charge is 2.13. The molecule has 0 radical (unpaired) electrons. The number of aromatic nitrogens is 1. The van der Waals surface area contributed by atoms with Gasteiger partial charge in [0.1, 0.15) is 0 Å². The van der Waals surface area contributed by atoms with Crippen molar-refractivity contribution in [3.05, 3.63) is 63.5 Å². The van der Waals surface area contributed by atoms with Gasteiger partial charge < -0.3 is 9.84 Å². The largest absolute Gasteiger partial charge is 0.421 e. The predicted molar refractivity (Wildman–Crippen MR) is 73.0 cm³/mol. The summed E-state index contributed by atoms with van der Waals surface area (Å²) in [5.74, 6) is -0.408. The monoisotopic (exact) mass is 288 g/mol. The molecule has 21 heavy (non-hydrogen) atoms. The highest BCUT2D eigenvalue weighted by Crippen LogP contribution is 2.19. The van der Waals surface area contributed by atoms with Gasteiger partial charge in [0.2, 0.25) is 0 Å². The van der Waals surface area contributed by atoms with Crippen molar-refractivity contribution in [2.24, 2.45) is 0 Å². The Hall–Kier alpha value is -2.80. The Kier molecular flexibility index (Phi) is 4.24. The third-order valence-electron chi connectivity index (χ3n) is 2.80. The smallest absolute Gasteiger partial charge is 0.343 e. The molecule has 0 saturated heterocycles. The maximum Gasteiger partial charge on any atom is 0.343 e. The molecule has 1 aromatic carbocycles. The maximum absolute atomic E-state index is 12.0. The van der Waals surface area contributed by atoms with E-state index in [-0.39, 0.29) is 23.6 Å². The van der Waals surface area contributed by atoms with Crippen LogP contribution in [0.25, 0.3) is 0 Å². The summed E-state index contributed by atoms with van der Waals surface area (Å²) in [7, 11) is 0. The van der Waals surface area contributed by atoms with Gasteiger partial charge in [-0.2, -0.15) is 0 Å². The van der Waals surface area contributed by atoms with E-state index in [1.807, 2.05) is 0 Å². The van der Waals surface area contributed by atoms with Crippen molar-refractivity contribution in [2.75, 3.05) is 0 Å². The Morgan fingerprint density at radius 3 is 2.62 bits per heavy atom. The zero-order valence-electron chi connectivity index (χ0n) is 11.1. The van der Waals surface area contributed by atoms with E-state index in [1.165, 1.54) is 36.5 Å². The van der Waals surface area contributed by atoms with E-state index < -0.39 is 10.9 Å². The van der Waals surface area contributed by atoms with Crippen molar-refractivity contribution in [2.45, 2.75) is 13.5 Å². The van der Waals surface area contributed by atoms with Gasteiger partial charge in [0.15, 0.2) is 5.75 Å². The Bertz CT molecular complexity index is 682. The fraction of sp³-hybridized carbons (Fsp3) is 0.143. The number of hydrogen-bond donors (Lipinski definition) is 1. The van der Waals surface area contributed by atoms with E-state index in [1.54, 1.807) is 6.92 Å². The Labute approximate surface area is 120 Å². The number of aliphatic hydroxyl groups is 1. The van der Waals surface area contributed by atoms with Crippen molar-refractivity contribution < 1.29 is 19.6 Å². The van der Waals surface area contributed by atoms with Gasteiger partial charge in [-0.25, -0.2) is 4.79 Å². The number of carbonyl (C=O) groups excluding carboxylic acids is 1. The molecule has 0 bridgehead atoms. The number of nitrogens with zero attached hydrogens (tertiary/aromatic N) is 2. The quantitative estimate of drug-likeness (QED) is 0.524. The standard InChI is InChI=1S/C14H12N2O5/c1-9-13(6-10(8-17)7-15-9)21-14(18)11-2-4-12(5-3-11)16(19)20/h2-7,17H,8H2,1H3. The lowest BCUT2D eigenvalue weighted by atomic mass is 10.2. The minimum Gasteiger partial charge on any atom is -0.421 e. The molecule has 1 N–H and O–H groups in total. The molecular weight excluding hydrogens is 276 g/mol. The highest BCUT2D eigenvalue weighted by atomic mass is 16.6. The molecule has 0 unspecified atom stereocenters. The SMILES string of the molecule is Cc1ncc(CO)cc1OC(=O)c1ccc([N+](=O)[O-])cc1. The Morgan fingerprint density at radius 2 is 2.05 bits per heavy atom. The molecule has 7 heteroatoms. The van der Waals surface area contributed by atoms with Gasteiger partial charge in [-0.05, 0) is 30.7 Å². The molecule has 0 saturated carbocycles. The van der Waals surface area contributed by atoms with Gasteiger partial charge in [0.25, 0.3) is 5.69 Å². The molecule has 0 atom stereocenters. The van der Waals surface area contributed by atoms with Crippen molar-refractivity contribution >= 4 is 11.7 Å². The van der Waals surface area contributed by atoms with Crippen molar-refractivity contribution in [1.29, 1.82) is 0 Å². The number of nitro groups is 1. The lowest BCUT2D eigenvalue weighted by molar-refractivity contribution is -0.384. The van der Waals surface area contributed by atoms with Crippen LogP contribution in [0.4, 0.5) is 5.69 Å². The third-order valence-corrected chi connectivity index (χ3v) is 2.80. The Morgan fingerprint density at radius 1 is 1.38 bits per heavy atom. The van der Waals surface area contributed by atoms with Crippen LogP contribution in [0.5, 0.6) is 5.75 Å². The number of rotatable bonds is 4. The summed E-state index contributed by atoms with van der Waals surface area (Å²) >= 11 is 0. The predicted octanol–water partition coefficient (Wildman–Crippen LogP) is 2.01. The van der Waals surface area contributed by atoms with Crippen LogP contribution in [-0.4, -0.2) is 21.0 Å². The van der Waals surface area contributed by atoms with Gasteiger partial charge in [-0.3, -0.25) is 15.1 Å². The van der Waals surface area contributed by atoms with Crippen LogP contribution in [0.1, 0.15) is 21.6 Å². The average Bonchev–Trinajstić information content (AvgIpc) is 2.49. The number of nitro benzene ring substituents is 1. The minimum atomic E-state index is -0.648. The second-order valence-electron chi connectivity index (χ2n) is 4.28. The topological polar surface area (TPSA) is 103 Å². The summed E-state index contributed by atoms with van der Waals surface area (Å²) in [5, 5.41) is 19.6. The first-order valence-electron chi connectivity index (χ1n) is 6.04. The van der Waals surface area contributed by atoms with Crippen LogP contribution in [0.2, 0.25) is 0 Å².